The lowest BCUT2D eigenvalue weighted by atomic mass is 10.6. The van der Waals surface area contributed by atoms with Crippen LogP contribution in [-0.4, -0.2) is 12.1 Å². The zero-order valence-corrected chi connectivity index (χ0v) is 6.50. The van der Waals surface area contributed by atoms with Crippen molar-refractivity contribution in [2.75, 3.05) is 7.11 Å². The number of methoxy groups -OCH3 is 1. The van der Waals surface area contributed by atoms with Crippen LogP contribution >= 0.6 is 22.9 Å². The van der Waals surface area contributed by atoms with Crippen molar-refractivity contribution in [3.05, 3.63) is 11.1 Å². The summed E-state index contributed by atoms with van der Waals surface area (Å²) in [5.74, 6) is 0.515. The zero-order chi connectivity index (χ0) is 6.69. The van der Waals surface area contributed by atoms with E-state index < -0.39 is 0 Å². The van der Waals surface area contributed by atoms with Gasteiger partial charge in [-0.15, -0.1) is 11.6 Å². The largest absolute Gasteiger partial charge is 0.473 e. The van der Waals surface area contributed by atoms with E-state index in [-0.39, 0.29) is 0 Å². The summed E-state index contributed by atoms with van der Waals surface area (Å²) in [4.78, 5) is 4.95. The molecule has 0 atom stereocenters. The molecule has 0 fully saturated rings. The molecule has 0 aliphatic heterocycles. The molecular weight excluding hydrogens is 158 g/mol. The molecule has 0 saturated carbocycles. The van der Waals surface area contributed by atoms with Crippen LogP contribution in [0, 0.1) is 0 Å². The Hall–Kier alpha value is -0.280. The van der Waals surface area contributed by atoms with Gasteiger partial charge in [0.25, 0.3) is 5.19 Å². The smallest absolute Gasteiger partial charge is 0.273 e. The summed E-state index contributed by atoms with van der Waals surface area (Å²) in [5, 5.41) is 0.672. The van der Waals surface area contributed by atoms with Crippen LogP contribution in [0.4, 0.5) is 0 Å². The van der Waals surface area contributed by atoms with Gasteiger partial charge in [0.15, 0.2) is 0 Å². The summed E-state index contributed by atoms with van der Waals surface area (Å²) in [7, 11) is 1.59. The molecule has 0 aromatic carbocycles. The summed E-state index contributed by atoms with van der Waals surface area (Å²) >= 11 is 6.98. The maximum Gasteiger partial charge on any atom is 0.273 e. The van der Waals surface area contributed by atoms with Gasteiger partial charge < -0.3 is 4.74 Å². The minimum absolute atomic E-state index is 0.515. The van der Waals surface area contributed by atoms with Gasteiger partial charge in [-0.2, -0.15) is 0 Å². The third-order valence-corrected chi connectivity index (χ3v) is 2.24. The second-order valence-electron chi connectivity index (χ2n) is 1.43. The number of nitrogens with zero attached hydrogens (tertiary/aromatic N) is 1. The minimum Gasteiger partial charge on any atom is -0.473 e. The van der Waals surface area contributed by atoms with Crippen LogP contribution in [0.5, 0.6) is 5.19 Å². The molecule has 9 heavy (non-hydrogen) atoms. The Balaban J connectivity index is 2.74. The first-order chi connectivity index (χ1) is 4.36. The topological polar surface area (TPSA) is 22.1 Å². The molecule has 2 nitrogen and oxygen atoms in total. The van der Waals surface area contributed by atoms with Crippen molar-refractivity contribution >= 4 is 22.9 Å². The molecule has 0 saturated heterocycles. The molecule has 1 aromatic heterocycles. The standard InChI is InChI=1S/C5H6ClNOS/c1-8-5-7-3-4(2-6)9-5/h3H,2H2,1H3. The Bertz CT molecular complexity index is 170. The van der Waals surface area contributed by atoms with Gasteiger partial charge in [-0.1, -0.05) is 11.3 Å². The predicted molar refractivity (Wildman–Crippen MR) is 38.2 cm³/mol. The van der Waals surface area contributed by atoms with Crippen LogP contribution in [0.3, 0.4) is 0 Å². The molecule has 1 aromatic rings. The molecule has 50 valence electrons. The first-order valence-electron chi connectivity index (χ1n) is 2.41. The van der Waals surface area contributed by atoms with E-state index in [1.54, 1.807) is 13.3 Å². The lowest BCUT2D eigenvalue weighted by Crippen LogP contribution is -1.76. The van der Waals surface area contributed by atoms with Gasteiger partial charge in [-0.05, 0) is 0 Å². The minimum atomic E-state index is 0.515. The van der Waals surface area contributed by atoms with Crippen LogP contribution < -0.4 is 4.74 Å². The van der Waals surface area contributed by atoms with Crippen LogP contribution in [0.1, 0.15) is 4.88 Å². The lowest BCUT2D eigenvalue weighted by molar-refractivity contribution is 0.412. The molecule has 1 heterocycles. The van der Waals surface area contributed by atoms with E-state index in [1.165, 1.54) is 11.3 Å². The van der Waals surface area contributed by atoms with Gasteiger partial charge in [-0.3, -0.25) is 0 Å². The number of rotatable bonds is 2. The van der Waals surface area contributed by atoms with E-state index in [4.69, 9.17) is 16.3 Å². The van der Waals surface area contributed by atoms with Gasteiger partial charge in [0.1, 0.15) is 0 Å². The second-order valence-corrected chi connectivity index (χ2v) is 2.78. The van der Waals surface area contributed by atoms with Gasteiger partial charge in [0.05, 0.1) is 13.0 Å². The highest BCUT2D eigenvalue weighted by atomic mass is 35.5. The van der Waals surface area contributed by atoms with Crippen LogP contribution in [-0.2, 0) is 5.88 Å². The summed E-state index contributed by atoms with van der Waals surface area (Å²) in [6.07, 6.45) is 1.72. The Morgan fingerprint density at radius 3 is 3.00 bits per heavy atom. The Morgan fingerprint density at radius 1 is 1.89 bits per heavy atom. The van der Waals surface area contributed by atoms with E-state index in [0.29, 0.717) is 11.1 Å². The third-order valence-electron chi connectivity index (χ3n) is 0.839. The molecule has 0 aliphatic rings. The highest BCUT2D eigenvalue weighted by Gasteiger charge is 1.97. The van der Waals surface area contributed by atoms with Crippen molar-refractivity contribution in [3.8, 4) is 5.19 Å². The summed E-state index contributed by atoms with van der Waals surface area (Å²) in [5.41, 5.74) is 0. The average Bonchev–Trinajstić information content (AvgIpc) is 2.34. The fourth-order valence-electron chi connectivity index (χ4n) is 0.446. The van der Waals surface area contributed by atoms with Crippen LogP contribution in [0.25, 0.3) is 0 Å². The van der Waals surface area contributed by atoms with E-state index in [9.17, 15) is 0 Å². The number of thiazole rings is 1. The number of hydrogen-bond donors (Lipinski definition) is 0. The Kier molecular flexibility index (Phi) is 2.30. The lowest BCUT2D eigenvalue weighted by Gasteiger charge is -1.85. The van der Waals surface area contributed by atoms with Crippen molar-refractivity contribution in [3.63, 3.8) is 0 Å². The highest BCUT2D eigenvalue weighted by Crippen LogP contribution is 2.20. The van der Waals surface area contributed by atoms with Crippen molar-refractivity contribution < 1.29 is 4.74 Å². The number of halogens is 1. The van der Waals surface area contributed by atoms with E-state index >= 15 is 0 Å². The Labute approximate surface area is 62.4 Å². The van der Waals surface area contributed by atoms with Crippen molar-refractivity contribution in [1.82, 2.24) is 4.98 Å². The predicted octanol–water partition coefficient (Wildman–Crippen LogP) is 1.89. The van der Waals surface area contributed by atoms with Gasteiger partial charge in [-0.25, -0.2) is 4.98 Å². The molecular formula is C5H6ClNOS. The van der Waals surface area contributed by atoms with Crippen molar-refractivity contribution in [2.45, 2.75) is 5.88 Å². The maximum absolute atomic E-state index is 5.51. The van der Waals surface area contributed by atoms with Crippen molar-refractivity contribution in [1.29, 1.82) is 0 Å². The van der Waals surface area contributed by atoms with Crippen LogP contribution in [0.2, 0.25) is 0 Å². The fraction of sp³-hybridized carbons (Fsp3) is 0.400. The molecule has 0 unspecified atom stereocenters. The second kappa shape index (κ2) is 3.03. The average molecular weight is 164 g/mol. The molecule has 4 heteroatoms. The number of ether oxygens (including phenoxy) is 1. The number of aromatic nitrogens is 1. The monoisotopic (exact) mass is 163 g/mol. The molecule has 0 radical (unpaired) electrons. The van der Waals surface area contributed by atoms with Gasteiger partial charge >= 0.3 is 0 Å². The quantitative estimate of drug-likeness (QED) is 0.622. The molecule has 0 N–H and O–H groups in total. The van der Waals surface area contributed by atoms with Crippen molar-refractivity contribution in [2.24, 2.45) is 0 Å². The molecule has 0 amide bonds. The zero-order valence-electron chi connectivity index (χ0n) is 4.93. The SMILES string of the molecule is COc1ncc(CCl)s1. The van der Waals surface area contributed by atoms with E-state index in [0.717, 1.165) is 4.88 Å². The maximum atomic E-state index is 5.51. The normalized spacial score (nSPS) is 9.56. The first-order valence-corrected chi connectivity index (χ1v) is 3.76. The number of alkyl halides is 1. The fourth-order valence-corrected chi connectivity index (χ4v) is 1.25. The van der Waals surface area contributed by atoms with Crippen LogP contribution in [0.15, 0.2) is 6.20 Å². The Morgan fingerprint density at radius 2 is 2.67 bits per heavy atom. The van der Waals surface area contributed by atoms with E-state index in [2.05, 4.69) is 4.98 Å². The summed E-state index contributed by atoms with van der Waals surface area (Å²) in [6, 6.07) is 0. The van der Waals surface area contributed by atoms with E-state index in [1.807, 2.05) is 0 Å². The molecule has 1 rings (SSSR count). The molecule has 0 spiro atoms. The highest BCUT2D eigenvalue weighted by molar-refractivity contribution is 7.13. The first kappa shape index (κ1) is 6.83. The third kappa shape index (κ3) is 1.56. The van der Waals surface area contributed by atoms with Gasteiger partial charge in [0.2, 0.25) is 0 Å². The van der Waals surface area contributed by atoms with Gasteiger partial charge in [0, 0.05) is 11.1 Å². The number of hydrogen-bond acceptors (Lipinski definition) is 3. The molecule has 0 bridgehead atoms. The summed E-state index contributed by atoms with van der Waals surface area (Å²) in [6.45, 7) is 0. The summed E-state index contributed by atoms with van der Waals surface area (Å²) < 4.78 is 4.85. The molecule has 0 aliphatic carbocycles.